The van der Waals surface area contributed by atoms with Crippen LogP contribution in [-0.4, -0.2) is 55.0 Å². The molecule has 1 aromatic rings. The molecule has 0 spiro atoms. The number of aliphatic hydroxyl groups excluding tert-OH is 2. The number of hydrogen-bond acceptors (Lipinski definition) is 8. The van der Waals surface area contributed by atoms with E-state index in [0.29, 0.717) is 0 Å². The highest BCUT2D eigenvalue weighted by atomic mass is 16.6. The number of anilines is 1. The maximum absolute atomic E-state index is 11.6. The number of aromatic nitrogens is 2. The topological polar surface area (TPSA) is 137 Å². The van der Waals surface area contributed by atoms with Crippen LogP contribution in [0.3, 0.4) is 0 Å². The summed E-state index contributed by atoms with van der Waals surface area (Å²) in [6.45, 7) is -0.688. The van der Waals surface area contributed by atoms with Crippen molar-refractivity contribution >= 4 is 5.82 Å². The lowest BCUT2D eigenvalue weighted by Gasteiger charge is -2.16. The van der Waals surface area contributed by atoms with E-state index in [1.54, 1.807) is 5.48 Å². The largest absolute Gasteiger partial charge is 0.394 e. The molecule has 1 unspecified atom stereocenters. The summed E-state index contributed by atoms with van der Waals surface area (Å²) >= 11 is 0. The van der Waals surface area contributed by atoms with Crippen LogP contribution in [-0.2, 0) is 4.74 Å². The van der Waals surface area contributed by atoms with Crippen LogP contribution in [0.5, 0.6) is 0 Å². The van der Waals surface area contributed by atoms with Gasteiger partial charge in [0.05, 0.1) is 7.98 Å². The Bertz CT molecular complexity index is 521. The van der Waals surface area contributed by atoms with Crippen molar-refractivity contribution in [1.82, 2.24) is 9.55 Å². The quantitative estimate of drug-likeness (QED) is 0.381. The lowest BCUT2D eigenvalue weighted by Crippen LogP contribution is -2.36. The average molecular weight is 260 g/mol. The van der Waals surface area contributed by atoms with Crippen molar-refractivity contribution in [1.29, 1.82) is 0 Å². The first-order chi connectivity index (χ1) is 8.91. The Morgan fingerprint density at radius 1 is 1.61 bits per heavy atom. The minimum absolute atomic E-state index is 0.103. The molecule has 4 atom stereocenters. The van der Waals surface area contributed by atoms with Gasteiger partial charge in [0.25, 0.3) is 0 Å². The van der Waals surface area contributed by atoms with Crippen LogP contribution < -0.4 is 11.2 Å². The predicted molar refractivity (Wildman–Crippen MR) is 56.9 cm³/mol. The Morgan fingerprint density at radius 3 is 2.83 bits per heavy atom. The smallest absolute Gasteiger partial charge is 0.351 e. The molecule has 0 amide bonds. The van der Waals surface area contributed by atoms with Crippen LogP contribution in [0.2, 0.25) is 0 Å². The Hall–Kier alpha value is -1.52. The monoisotopic (exact) mass is 260 g/mol. The van der Waals surface area contributed by atoms with Gasteiger partial charge < -0.3 is 20.1 Å². The van der Waals surface area contributed by atoms with Crippen LogP contribution in [0.1, 0.15) is 7.60 Å². The summed E-state index contributed by atoms with van der Waals surface area (Å²) in [5.41, 5.74) is 0.815. The lowest BCUT2D eigenvalue weighted by atomic mass is 10.1. The lowest BCUT2D eigenvalue weighted by molar-refractivity contribution is -0.0549. The third-order valence-corrected chi connectivity index (χ3v) is 2.59. The van der Waals surface area contributed by atoms with Crippen molar-refractivity contribution in [3.8, 4) is 0 Å². The van der Waals surface area contributed by atoms with Gasteiger partial charge in [0.2, 0.25) is 0 Å². The summed E-state index contributed by atoms with van der Waals surface area (Å²) in [6.07, 6.45) is -5.72. The van der Waals surface area contributed by atoms with Crippen LogP contribution in [0.15, 0.2) is 17.1 Å². The van der Waals surface area contributed by atoms with Gasteiger partial charge in [-0.2, -0.15) is 4.98 Å². The van der Waals surface area contributed by atoms with Crippen molar-refractivity contribution in [2.75, 3.05) is 12.1 Å². The molecule has 1 fully saturated rings. The SMILES string of the molecule is [2H]C1(O)[C@H](O)[C@H](n2ccc(NO)nc2=O)O[C@@H]1CO. The van der Waals surface area contributed by atoms with E-state index in [4.69, 9.17) is 16.4 Å². The fourth-order valence-electron chi connectivity index (χ4n) is 1.67. The zero-order valence-electron chi connectivity index (χ0n) is 10.1. The van der Waals surface area contributed by atoms with Crippen molar-refractivity contribution < 1.29 is 26.6 Å². The van der Waals surface area contributed by atoms with Gasteiger partial charge >= 0.3 is 5.69 Å². The van der Waals surface area contributed by atoms with Crippen molar-refractivity contribution in [3.63, 3.8) is 0 Å². The molecule has 9 heteroatoms. The van der Waals surface area contributed by atoms with Gasteiger partial charge in [-0.1, -0.05) is 0 Å². The number of rotatable bonds is 3. The summed E-state index contributed by atoms with van der Waals surface area (Å²) in [5.74, 6) is -0.103. The van der Waals surface area contributed by atoms with E-state index in [1.165, 1.54) is 6.07 Å². The molecule has 0 bridgehead atoms. The average Bonchev–Trinajstić information content (AvgIpc) is 2.61. The van der Waals surface area contributed by atoms with Crippen LogP contribution >= 0.6 is 0 Å². The molecule has 5 N–H and O–H groups in total. The van der Waals surface area contributed by atoms with Crippen LogP contribution in [0.25, 0.3) is 0 Å². The van der Waals surface area contributed by atoms with Gasteiger partial charge in [0.15, 0.2) is 12.0 Å². The first-order valence-corrected chi connectivity index (χ1v) is 5.08. The molecular formula is C9H13N3O6. The van der Waals surface area contributed by atoms with E-state index < -0.39 is 36.8 Å². The molecule has 1 aliphatic rings. The Kier molecular flexibility index (Phi) is 3.21. The van der Waals surface area contributed by atoms with E-state index in [9.17, 15) is 15.0 Å². The number of nitrogens with zero attached hydrogens (tertiary/aromatic N) is 2. The highest BCUT2D eigenvalue weighted by Gasteiger charge is 2.43. The van der Waals surface area contributed by atoms with Crippen molar-refractivity contribution in [2.45, 2.75) is 24.5 Å². The molecule has 1 aromatic heterocycles. The highest BCUT2D eigenvalue weighted by molar-refractivity contribution is 5.28. The number of aliphatic hydroxyl groups is 3. The van der Waals surface area contributed by atoms with E-state index in [-0.39, 0.29) is 5.82 Å². The van der Waals surface area contributed by atoms with Gasteiger partial charge in [0.1, 0.15) is 18.3 Å². The Balaban J connectivity index is 2.36. The van der Waals surface area contributed by atoms with Gasteiger partial charge in [0, 0.05) is 6.20 Å². The van der Waals surface area contributed by atoms with E-state index in [2.05, 4.69) is 4.98 Å². The second-order valence-electron chi connectivity index (χ2n) is 3.68. The van der Waals surface area contributed by atoms with E-state index >= 15 is 0 Å². The third kappa shape index (κ3) is 2.09. The molecule has 0 aliphatic carbocycles. The first kappa shape index (κ1) is 11.6. The molecule has 1 aliphatic heterocycles. The maximum Gasteiger partial charge on any atom is 0.351 e. The summed E-state index contributed by atoms with van der Waals surface area (Å²) in [5, 5.41) is 37.0. The summed E-state index contributed by atoms with van der Waals surface area (Å²) in [4.78, 5) is 15.1. The highest BCUT2D eigenvalue weighted by Crippen LogP contribution is 2.27. The molecule has 18 heavy (non-hydrogen) atoms. The Morgan fingerprint density at radius 2 is 2.33 bits per heavy atom. The first-order valence-electron chi connectivity index (χ1n) is 5.58. The number of nitrogens with one attached hydrogen (secondary N) is 1. The number of ether oxygens (including phenoxy) is 1. The van der Waals surface area contributed by atoms with Crippen molar-refractivity contribution in [3.05, 3.63) is 22.7 Å². The summed E-state index contributed by atoms with van der Waals surface area (Å²) in [6, 6.07) is 1.23. The molecular weight excluding hydrogens is 246 g/mol. The van der Waals surface area contributed by atoms with Gasteiger partial charge in [-0.05, 0) is 6.07 Å². The standard InChI is InChI=1S/C9H13N3O6/c13-3-4-6(14)7(15)8(18-4)12-2-1-5(11-17)10-9(12)16/h1-2,4,6-8,13-15,17H,3H2,(H,10,11,16)/t4-,6?,7+,8-/m1/s1/i6D. The fraction of sp³-hybridized carbons (Fsp3) is 0.556. The molecule has 2 rings (SSSR count). The third-order valence-electron chi connectivity index (χ3n) is 2.59. The number of hydrogen-bond donors (Lipinski definition) is 5. The van der Waals surface area contributed by atoms with E-state index in [1.807, 2.05) is 0 Å². The Labute approximate surface area is 102 Å². The maximum atomic E-state index is 11.6. The molecule has 2 heterocycles. The molecule has 0 saturated carbocycles. The summed E-state index contributed by atoms with van der Waals surface area (Å²) in [7, 11) is 0. The fourth-order valence-corrected chi connectivity index (χ4v) is 1.67. The predicted octanol–water partition coefficient (Wildman–Crippen LogP) is -2.34. The molecule has 0 radical (unpaired) electrons. The molecule has 1 saturated heterocycles. The van der Waals surface area contributed by atoms with Crippen LogP contribution in [0.4, 0.5) is 5.82 Å². The van der Waals surface area contributed by atoms with Gasteiger partial charge in [-0.15, -0.1) is 0 Å². The van der Waals surface area contributed by atoms with Gasteiger partial charge in [-0.3, -0.25) is 15.3 Å². The molecule has 9 nitrogen and oxygen atoms in total. The molecule has 0 aromatic carbocycles. The minimum atomic E-state index is -2.44. The zero-order valence-corrected chi connectivity index (χ0v) is 9.09. The normalized spacial score (nSPS) is 36.4. The summed E-state index contributed by atoms with van der Waals surface area (Å²) < 4.78 is 13.4. The second kappa shape index (κ2) is 5.00. The van der Waals surface area contributed by atoms with Crippen molar-refractivity contribution in [2.24, 2.45) is 0 Å². The van der Waals surface area contributed by atoms with E-state index in [0.717, 1.165) is 10.8 Å². The zero-order chi connectivity index (χ0) is 14.2. The van der Waals surface area contributed by atoms with Crippen LogP contribution in [0, 0.1) is 0 Å². The minimum Gasteiger partial charge on any atom is -0.394 e. The van der Waals surface area contributed by atoms with Gasteiger partial charge in [-0.25, -0.2) is 4.79 Å². The molecule has 100 valence electrons. The second-order valence-corrected chi connectivity index (χ2v) is 3.68.